The lowest BCUT2D eigenvalue weighted by Crippen LogP contribution is -2.06. The third kappa shape index (κ3) is 4.95. The lowest BCUT2D eigenvalue weighted by molar-refractivity contribution is -0.424. The molecule has 0 bridgehead atoms. The molecule has 0 rings (SSSR count). The van der Waals surface area contributed by atoms with Gasteiger partial charge >= 0.3 is 5.70 Å². The van der Waals surface area contributed by atoms with Gasteiger partial charge in [0.05, 0.1) is 4.92 Å². The van der Waals surface area contributed by atoms with Crippen LogP contribution in [0.2, 0.25) is 0 Å². The molecule has 0 radical (unpaired) electrons. The Bertz CT molecular complexity index is 291. The van der Waals surface area contributed by atoms with Gasteiger partial charge < -0.3 is 5.11 Å². The molecule has 0 aromatic rings. The minimum absolute atomic E-state index is 0.0499. The molecule has 0 aliphatic heterocycles. The predicted molar refractivity (Wildman–Crippen MR) is 55.9 cm³/mol. The number of nitrogens with zero attached hydrogens (tertiary/aromatic N) is 1. The van der Waals surface area contributed by atoms with Crippen molar-refractivity contribution in [3.05, 3.63) is 34.2 Å². The van der Waals surface area contributed by atoms with Crippen LogP contribution < -0.4 is 0 Å². The molecule has 0 fully saturated rings. The molecule has 0 aromatic carbocycles. The number of Topliss-reactive ketones (excluding diaryl/α,β-unsaturated/α-hetero) is 1. The van der Waals surface area contributed by atoms with Crippen LogP contribution in [0.4, 0.5) is 0 Å². The fourth-order valence-electron chi connectivity index (χ4n) is 0.971. The highest BCUT2D eigenvalue weighted by Crippen LogP contribution is 2.11. The lowest BCUT2D eigenvalue weighted by Gasteiger charge is -2.03. The zero-order chi connectivity index (χ0) is 12.0. The molecule has 1 N–H and O–H groups in total. The van der Waals surface area contributed by atoms with E-state index < -0.39 is 16.4 Å². The van der Waals surface area contributed by atoms with Crippen molar-refractivity contribution in [1.29, 1.82) is 0 Å². The summed E-state index contributed by atoms with van der Waals surface area (Å²) in [4.78, 5) is 20.6. The lowest BCUT2D eigenvalue weighted by atomic mass is 10.0. The molecular weight excluding hydrogens is 198 g/mol. The molecule has 0 aliphatic rings. The van der Waals surface area contributed by atoms with Crippen LogP contribution in [0, 0.1) is 16.0 Å². The summed E-state index contributed by atoms with van der Waals surface area (Å²) in [5, 5.41) is 19.3. The molecule has 84 valence electrons. The van der Waals surface area contributed by atoms with Gasteiger partial charge in [0.1, 0.15) is 5.78 Å². The van der Waals surface area contributed by atoms with Gasteiger partial charge in [0.2, 0.25) is 0 Å². The van der Waals surface area contributed by atoms with Gasteiger partial charge in [0.25, 0.3) is 0 Å². The van der Waals surface area contributed by atoms with E-state index in [-0.39, 0.29) is 11.7 Å². The molecule has 5 nitrogen and oxygen atoms in total. The van der Waals surface area contributed by atoms with E-state index >= 15 is 0 Å². The number of nitro groups is 1. The Hall–Kier alpha value is -1.65. The summed E-state index contributed by atoms with van der Waals surface area (Å²) in [6.45, 7) is 6.33. The summed E-state index contributed by atoms with van der Waals surface area (Å²) < 4.78 is 0. The molecule has 0 aromatic heterocycles. The maximum atomic E-state index is 10.9. The molecule has 0 heterocycles. The molecule has 0 saturated heterocycles. The number of aliphatic hydroxyl groups is 1. The SMILES string of the molecule is C=C(O)/C(=C\CCC(C)C(C)=O)[N+](=O)[O-]. The van der Waals surface area contributed by atoms with Crippen molar-refractivity contribution in [2.45, 2.75) is 26.7 Å². The van der Waals surface area contributed by atoms with Gasteiger partial charge in [-0.25, -0.2) is 0 Å². The van der Waals surface area contributed by atoms with Crippen LogP contribution in [-0.2, 0) is 4.79 Å². The van der Waals surface area contributed by atoms with Crippen molar-refractivity contribution in [3.8, 4) is 0 Å². The number of hydrogen-bond donors (Lipinski definition) is 1. The number of aliphatic hydroxyl groups excluding tert-OH is 1. The molecule has 1 unspecified atom stereocenters. The Balaban J connectivity index is 4.30. The van der Waals surface area contributed by atoms with E-state index in [9.17, 15) is 14.9 Å². The van der Waals surface area contributed by atoms with E-state index in [0.29, 0.717) is 12.8 Å². The van der Waals surface area contributed by atoms with Crippen LogP contribution in [-0.4, -0.2) is 15.8 Å². The Morgan fingerprint density at radius 1 is 1.67 bits per heavy atom. The largest absolute Gasteiger partial charge is 0.503 e. The maximum Gasteiger partial charge on any atom is 0.306 e. The van der Waals surface area contributed by atoms with Crippen LogP contribution in [0.1, 0.15) is 26.7 Å². The molecular formula is C10H15NO4. The van der Waals surface area contributed by atoms with Gasteiger partial charge in [-0.1, -0.05) is 6.92 Å². The molecule has 0 amide bonds. The van der Waals surface area contributed by atoms with Crippen molar-refractivity contribution < 1.29 is 14.8 Å². The second-order valence-electron chi connectivity index (χ2n) is 3.38. The number of allylic oxidation sites excluding steroid dienone is 1. The Labute approximate surface area is 88.3 Å². The predicted octanol–water partition coefficient (Wildman–Crippen LogP) is 2.22. The normalized spacial score (nSPS) is 13.3. The van der Waals surface area contributed by atoms with Gasteiger partial charge in [-0.3, -0.25) is 14.9 Å². The topological polar surface area (TPSA) is 80.4 Å². The van der Waals surface area contributed by atoms with Crippen LogP contribution in [0.15, 0.2) is 24.1 Å². The Morgan fingerprint density at radius 3 is 2.53 bits per heavy atom. The van der Waals surface area contributed by atoms with E-state index in [0.717, 1.165) is 0 Å². The van der Waals surface area contributed by atoms with E-state index in [4.69, 9.17) is 5.11 Å². The first-order valence-corrected chi connectivity index (χ1v) is 4.59. The highest BCUT2D eigenvalue weighted by molar-refractivity contribution is 5.77. The number of rotatable bonds is 6. The third-order valence-electron chi connectivity index (χ3n) is 2.12. The van der Waals surface area contributed by atoms with Crippen molar-refractivity contribution in [3.63, 3.8) is 0 Å². The van der Waals surface area contributed by atoms with Crippen molar-refractivity contribution in [2.75, 3.05) is 0 Å². The standard InChI is InChI=1S/C10H15NO4/c1-7(8(2)12)5-4-6-10(9(3)13)11(14)15/h6-7,13H,3-5H2,1-2H3/b10-6+. The van der Waals surface area contributed by atoms with E-state index in [1.165, 1.54) is 13.0 Å². The molecule has 5 heteroatoms. The van der Waals surface area contributed by atoms with Gasteiger partial charge in [0, 0.05) is 5.92 Å². The molecule has 0 aliphatic carbocycles. The number of hydrogen-bond acceptors (Lipinski definition) is 4. The highest BCUT2D eigenvalue weighted by atomic mass is 16.6. The van der Waals surface area contributed by atoms with Gasteiger partial charge in [-0.15, -0.1) is 0 Å². The van der Waals surface area contributed by atoms with E-state index in [2.05, 4.69) is 6.58 Å². The average molecular weight is 213 g/mol. The summed E-state index contributed by atoms with van der Waals surface area (Å²) in [5.41, 5.74) is -0.397. The highest BCUT2D eigenvalue weighted by Gasteiger charge is 2.14. The first-order valence-electron chi connectivity index (χ1n) is 4.59. The molecule has 0 saturated carbocycles. The molecule has 0 spiro atoms. The fourth-order valence-corrected chi connectivity index (χ4v) is 0.971. The quantitative estimate of drug-likeness (QED) is 0.317. The maximum absolute atomic E-state index is 10.9. The monoisotopic (exact) mass is 213 g/mol. The Kier molecular flexibility index (Phi) is 5.30. The zero-order valence-corrected chi connectivity index (χ0v) is 8.90. The summed E-state index contributed by atoms with van der Waals surface area (Å²) in [7, 11) is 0. The van der Waals surface area contributed by atoms with Crippen LogP contribution in [0.3, 0.4) is 0 Å². The third-order valence-corrected chi connectivity index (χ3v) is 2.12. The van der Waals surface area contributed by atoms with Gasteiger partial charge in [-0.05, 0) is 32.4 Å². The fraction of sp³-hybridized carbons (Fsp3) is 0.500. The first kappa shape index (κ1) is 13.4. The van der Waals surface area contributed by atoms with E-state index in [1.54, 1.807) is 6.92 Å². The first-order chi connectivity index (χ1) is 6.86. The van der Waals surface area contributed by atoms with Gasteiger partial charge in [0.15, 0.2) is 5.76 Å². The number of ketones is 1. The summed E-state index contributed by atoms with van der Waals surface area (Å²) >= 11 is 0. The summed E-state index contributed by atoms with van der Waals surface area (Å²) in [6.07, 6.45) is 2.18. The molecule has 1 atom stereocenters. The van der Waals surface area contributed by atoms with Crippen molar-refractivity contribution >= 4 is 5.78 Å². The Morgan fingerprint density at radius 2 is 2.20 bits per heavy atom. The smallest absolute Gasteiger partial charge is 0.306 e. The van der Waals surface area contributed by atoms with Crippen molar-refractivity contribution in [1.82, 2.24) is 0 Å². The van der Waals surface area contributed by atoms with E-state index in [1.807, 2.05) is 0 Å². The van der Waals surface area contributed by atoms with Crippen LogP contribution in [0.5, 0.6) is 0 Å². The van der Waals surface area contributed by atoms with Gasteiger partial charge in [-0.2, -0.15) is 0 Å². The summed E-state index contributed by atoms with van der Waals surface area (Å²) in [6, 6.07) is 0. The zero-order valence-electron chi connectivity index (χ0n) is 8.90. The average Bonchev–Trinajstić information content (AvgIpc) is 2.10. The summed E-state index contributed by atoms with van der Waals surface area (Å²) in [5.74, 6) is -0.634. The van der Waals surface area contributed by atoms with Crippen LogP contribution >= 0.6 is 0 Å². The minimum atomic E-state index is -0.694. The minimum Gasteiger partial charge on any atom is -0.503 e. The van der Waals surface area contributed by atoms with Crippen LogP contribution in [0.25, 0.3) is 0 Å². The second kappa shape index (κ2) is 5.95. The number of carbonyl (C=O) groups is 1. The molecule has 15 heavy (non-hydrogen) atoms. The number of carbonyl (C=O) groups excluding carboxylic acids is 1. The second-order valence-corrected chi connectivity index (χ2v) is 3.38. The van der Waals surface area contributed by atoms with Crippen molar-refractivity contribution in [2.24, 2.45) is 5.92 Å².